The second kappa shape index (κ2) is 10.2. The highest BCUT2D eigenvalue weighted by Crippen LogP contribution is 2.05. The van der Waals surface area contributed by atoms with Crippen LogP contribution in [0.3, 0.4) is 0 Å². The van der Waals surface area contributed by atoms with Gasteiger partial charge in [0.2, 0.25) is 5.91 Å². The monoisotopic (exact) mass is 358 g/mol. The Morgan fingerprint density at radius 3 is 2.62 bits per heavy atom. The van der Waals surface area contributed by atoms with Gasteiger partial charge in [-0.25, -0.2) is 4.79 Å². The second-order valence-corrected chi connectivity index (χ2v) is 6.34. The fourth-order valence-corrected chi connectivity index (χ4v) is 2.42. The van der Waals surface area contributed by atoms with Crippen LogP contribution in [-0.4, -0.2) is 34.4 Å². The third kappa shape index (κ3) is 6.58. The zero-order chi connectivity index (χ0) is 18.8. The molecule has 1 aromatic heterocycles. The highest BCUT2D eigenvalue weighted by Gasteiger charge is 2.24. The number of benzene rings is 1. The van der Waals surface area contributed by atoms with Gasteiger partial charge in [-0.15, -0.1) is 0 Å². The molecule has 26 heavy (non-hydrogen) atoms. The molecule has 1 atom stereocenters. The van der Waals surface area contributed by atoms with E-state index in [1.807, 2.05) is 61.1 Å². The summed E-state index contributed by atoms with van der Waals surface area (Å²) in [5.41, 5.74) is 0.895. The molecule has 0 aliphatic carbocycles. The van der Waals surface area contributed by atoms with Gasteiger partial charge >= 0.3 is 6.09 Å². The van der Waals surface area contributed by atoms with Crippen LogP contribution in [0.15, 0.2) is 48.8 Å². The largest absolute Gasteiger partial charge is 0.445 e. The van der Waals surface area contributed by atoms with Gasteiger partial charge in [-0.2, -0.15) is 5.10 Å². The summed E-state index contributed by atoms with van der Waals surface area (Å²) in [6.45, 7) is 5.18. The van der Waals surface area contributed by atoms with Crippen molar-refractivity contribution >= 4 is 12.0 Å². The van der Waals surface area contributed by atoms with Crippen molar-refractivity contribution in [3.63, 3.8) is 0 Å². The van der Waals surface area contributed by atoms with Crippen molar-refractivity contribution in [2.45, 2.75) is 39.5 Å². The third-order valence-electron chi connectivity index (χ3n) is 3.86. The van der Waals surface area contributed by atoms with Gasteiger partial charge in [-0.3, -0.25) is 9.48 Å². The summed E-state index contributed by atoms with van der Waals surface area (Å²) in [5.74, 6) is -0.262. The summed E-state index contributed by atoms with van der Waals surface area (Å²) in [5, 5.41) is 9.62. The number of aryl methyl sites for hydroxylation is 1. The van der Waals surface area contributed by atoms with Crippen LogP contribution in [0, 0.1) is 5.92 Å². The number of hydrogen-bond donors (Lipinski definition) is 2. The van der Waals surface area contributed by atoms with E-state index in [4.69, 9.17) is 4.74 Å². The maximum atomic E-state index is 12.4. The molecule has 2 N–H and O–H groups in total. The lowest BCUT2D eigenvalue weighted by Crippen LogP contribution is -2.50. The van der Waals surface area contributed by atoms with Crippen molar-refractivity contribution in [3.8, 4) is 0 Å². The summed E-state index contributed by atoms with van der Waals surface area (Å²) in [4.78, 5) is 24.3. The maximum absolute atomic E-state index is 12.4. The number of aromatic nitrogens is 2. The Balaban J connectivity index is 1.73. The van der Waals surface area contributed by atoms with Crippen LogP contribution in [0.2, 0.25) is 0 Å². The first-order valence-corrected chi connectivity index (χ1v) is 8.78. The van der Waals surface area contributed by atoms with Crippen LogP contribution in [0.1, 0.15) is 25.8 Å². The fourth-order valence-electron chi connectivity index (χ4n) is 2.42. The third-order valence-corrected chi connectivity index (χ3v) is 3.86. The first-order chi connectivity index (χ1) is 12.6. The van der Waals surface area contributed by atoms with E-state index in [1.165, 1.54) is 0 Å². The lowest BCUT2D eigenvalue weighted by atomic mass is 10.0. The smallest absolute Gasteiger partial charge is 0.408 e. The predicted octanol–water partition coefficient (Wildman–Crippen LogP) is 2.34. The molecule has 0 fully saturated rings. The number of hydrogen-bond acceptors (Lipinski definition) is 4. The fraction of sp³-hybridized carbons (Fsp3) is 0.421. The number of ether oxygens (including phenoxy) is 1. The average Bonchev–Trinajstić information content (AvgIpc) is 3.15. The Kier molecular flexibility index (Phi) is 7.67. The van der Waals surface area contributed by atoms with Gasteiger partial charge in [0, 0.05) is 25.5 Å². The molecule has 7 heteroatoms. The lowest BCUT2D eigenvalue weighted by molar-refractivity contribution is -0.124. The molecule has 0 saturated heterocycles. The van der Waals surface area contributed by atoms with E-state index in [0.717, 1.165) is 18.5 Å². The molecular formula is C19H26N4O3. The molecule has 140 valence electrons. The van der Waals surface area contributed by atoms with Gasteiger partial charge in [0.1, 0.15) is 12.6 Å². The Morgan fingerprint density at radius 1 is 1.19 bits per heavy atom. The molecule has 0 unspecified atom stereocenters. The van der Waals surface area contributed by atoms with E-state index in [-0.39, 0.29) is 18.4 Å². The Hall–Kier alpha value is -2.83. The van der Waals surface area contributed by atoms with Crippen LogP contribution in [0.25, 0.3) is 0 Å². The summed E-state index contributed by atoms with van der Waals surface area (Å²) in [6.07, 6.45) is 3.76. The van der Waals surface area contributed by atoms with Crippen molar-refractivity contribution in [2.24, 2.45) is 5.92 Å². The Morgan fingerprint density at radius 2 is 1.96 bits per heavy atom. The molecule has 0 aliphatic rings. The zero-order valence-electron chi connectivity index (χ0n) is 15.2. The second-order valence-electron chi connectivity index (χ2n) is 6.34. The molecule has 0 spiro atoms. The van der Waals surface area contributed by atoms with Crippen LogP contribution >= 0.6 is 0 Å². The molecule has 0 saturated carbocycles. The minimum Gasteiger partial charge on any atom is -0.445 e. The Bertz CT molecular complexity index is 671. The summed E-state index contributed by atoms with van der Waals surface area (Å²) in [6, 6.07) is 10.6. The van der Waals surface area contributed by atoms with Crippen LogP contribution in [-0.2, 0) is 22.7 Å². The van der Waals surface area contributed by atoms with E-state index in [1.54, 1.807) is 6.20 Å². The quantitative estimate of drug-likeness (QED) is 0.674. The molecule has 1 aromatic carbocycles. The number of nitrogens with one attached hydrogen (secondary N) is 2. The van der Waals surface area contributed by atoms with E-state index >= 15 is 0 Å². The van der Waals surface area contributed by atoms with Crippen molar-refractivity contribution in [1.29, 1.82) is 0 Å². The molecule has 2 amide bonds. The number of rotatable bonds is 9. The maximum Gasteiger partial charge on any atom is 0.408 e. The number of carbonyl (C=O) groups excluding carboxylic acids is 2. The summed E-state index contributed by atoms with van der Waals surface area (Å²) >= 11 is 0. The summed E-state index contributed by atoms with van der Waals surface area (Å²) in [7, 11) is 0. The van der Waals surface area contributed by atoms with Gasteiger partial charge in [-0.05, 0) is 24.0 Å². The normalized spacial score (nSPS) is 11.8. The van der Waals surface area contributed by atoms with Crippen LogP contribution in [0.5, 0.6) is 0 Å². The molecule has 2 aromatic rings. The molecule has 0 bridgehead atoms. The predicted molar refractivity (Wildman–Crippen MR) is 98.2 cm³/mol. The lowest BCUT2D eigenvalue weighted by Gasteiger charge is -2.21. The molecular weight excluding hydrogens is 332 g/mol. The number of amides is 2. The molecule has 0 radical (unpaired) electrons. The van der Waals surface area contributed by atoms with Crippen LogP contribution < -0.4 is 10.6 Å². The standard InChI is InChI=1S/C19H26N4O3/c1-15(2)17(18(24)20-10-6-12-23-13-7-11-21-23)22-19(25)26-14-16-8-4-3-5-9-16/h3-5,7-9,11,13,15,17H,6,10,12,14H2,1-2H3,(H,20,24)(H,22,25)/t17-/m0/s1. The Labute approximate surface area is 153 Å². The first-order valence-electron chi connectivity index (χ1n) is 8.78. The van der Waals surface area contributed by atoms with Crippen molar-refractivity contribution < 1.29 is 14.3 Å². The van der Waals surface area contributed by atoms with Crippen molar-refractivity contribution in [3.05, 3.63) is 54.4 Å². The first kappa shape index (κ1) is 19.5. The number of nitrogens with zero attached hydrogens (tertiary/aromatic N) is 2. The van der Waals surface area contributed by atoms with Gasteiger partial charge < -0.3 is 15.4 Å². The van der Waals surface area contributed by atoms with Crippen molar-refractivity contribution in [2.75, 3.05) is 6.54 Å². The molecule has 0 aliphatic heterocycles. The SMILES string of the molecule is CC(C)[C@H](NC(=O)OCc1ccccc1)C(=O)NCCCn1cccn1. The number of alkyl carbamates (subject to hydrolysis) is 1. The topological polar surface area (TPSA) is 85.2 Å². The number of carbonyl (C=O) groups is 2. The zero-order valence-corrected chi connectivity index (χ0v) is 15.2. The minimum absolute atomic E-state index is 0.0506. The molecule has 2 rings (SSSR count). The van der Waals surface area contributed by atoms with Gasteiger partial charge in [0.25, 0.3) is 0 Å². The van der Waals surface area contributed by atoms with E-state index in [2.05, 4.69) is 15.7 Å². The highest BCUT2D eigenvalue weighted by molar-refractivity contribution is 5.85. The van der Waals surface area contributed by atoms with Gasteiger partial charge in [-0.1, -0.05) is 44.2 Å². The van der Waals surface area contributed by atoms with Crippen molar-refractivity contribution in [1.82, 2.24) is 20.4 Å². The van der Waals surface area contributed by atoms with Crippen LogP contribution in [0.4, 0.5) is 4.79 Å². The average molecular weight is 358 g/mol. The van der Waals surface area contributed by atoms with E-state index in [9.17, 15) is 9.59 Å². The van der Waals surface area contributed by atoms with E-state index in [0.29, 0.717) is 6.54 Å². The summed E-state index contributed by atoms with van der Waals surface area (Å²) < 4.78 is 7.00. The van der Waals surface area contributed by atoms with Gasteiger partial charge in [0.15, 0.2) is 0 Å². The molecule has 7 nitrogen and oxygen atoms in total. The van der Waals surface area contributed by atoms with E-state index < -0.39 is 12.1 Å². The molecule has 1 heterocycles. The van der Waals surface area contributed by atoms with Gasteiger partial charge in [0.05, 0.1) is 0 Å². The highest BCUT2D eigenvalue weighted by atomic mass is 16.5. The minimum atomic E-state index is -0.636.